The summed E-state index contributed by atoms with van der Waals surface area (Å²) in [7, 11) is 0. The number of alkyl halides is 1. The number of nitrogens with zero attached hydrogens (tertiary/aromatic N) is 2. The van der Waals surface area contributed by atoms with E-state index in [9.17, 15) is 0 Å². The van der Waals surface area contributed by atoms with Gasteiger partial charge in [-0.1, -0.05) is 24.3 Å². The van der Waals surface area contributed by atoms with Crippen LogP contribution < -0.4 is 0 Å². The summed E-state index contributed by atoms with van der Waals surface area (Å²) in [6.45, 7) is 0. The van der Waals surface area contributed by atoms with E-state index in [1.54, 1.807) is 6.20 Å². The quantitative estimate of drug-likeness (QED) is 0.703. The zero-order valence-electron chi connectivity index (χ0n) is 7.52. The van der Waals surface area contributed by atoms with Gasteiger partial charge in [0.15, 0.2) is 0 Å². The molecule has 2 rings (SSSR count). The van der Waals surface area contributed by atoms with Gasteiger partial charge in [-0.05, 0) is 17.7 Å². The van der Waals surface area contributed by atoms with Gasteiger partial charge in [0.2, 0.25) is 0 Å². The Hall–Kier alpha value is -1.41. The van der Waals surface area contributed by atoms with Gasteiger partial charge in [-0.15, -0.1) is 11.6 Å². The zero-order chi connectivity index (χ0) is 9.80. The second-order valence-corrected chi connectivity index (χ2v) is 3.21. The molecule has 0 atom stereocenters. The summed E-state index contributed by atoms with van der Waals surface area (Å²) in [5.74, 6) is 0.542. The van der Waals surface area contributed by atoms with E-state index in [0.29, 0.717) is 5.88 Å². The van der Waals surface area contributed by atoms with Crippen molar-refractivity contribution in [2.45, 2.75) is 5.88 Å². The van der Waals surface area contributed by atoms with E-state index < -0.39 is 0 Å². The lowest BCUT2D eigenvalue weighted by Crippen LogP contribution is -1.85. The largest absolute Gasteiger partial charge is 0.159 e. The summed E-state index contributed by atoms with van der Waals surface area (Å²) in [5, 5.41) is 7.85. The molecule has 0 radical (unpaired) electrons. The number of benzene rings is 1. The maximum Gasteiger partial charge on any atom is 0.0929 e. The molecule has 0 N–H and O–H groups in total. The molecule has 0 bridgehead atoms. The molecule has 1 aromatic heterocycles. The fraction of sp³-hybridized carbons (Fsp3) is 0.0909. The van der Waals surface area contributed by atoms with Crippen LogP contribution in [0.15, 0.2) is 42.6 Å². The maximum absolute atomic E-state index is 5.70. The van der Waals surface area contributed by atoms with Crippen molar-refractivity contribution in [3.63, 3.8) is 0 Å². The molecule has 0 amide bonds. The third-order valence-electron chi connectivity index (χ3n) is 1.98. The van der Waals surface area contributed by atoms with Crippen molar-refractivity contribution >= 4 is 11.6 Å². The summed E-state index contributed by atoms with van der Waals surface area (Å²) in [4.78, 5) is 0. The molecule has 2 nitrogen and oxygen atoms in total. The van der Waals surface area contributed by atoms with Crippen LogP contribution >= 0.6 is 11.6 Å². The van der Waals surface area contributed by atoms with E-state index in [1.165, 1.54) is 0 Å². The summed E-state index contributed by atoms with van der Waals surface area (Å²) >= 11 is 5.70. The van der Waals surface area contributed by atoms with Crippen LogP contribution in [0.5, 0.6) is 0 Å². The number of halogens is 1. The smallest absolute Gasteiger partial charge is 0.0929 e. The van der Waals surface area contributed by atoms with E-state index in [1.807, 2.05) is 36.4 Å². The molecule has 0 aliphatic rings. The van der Waals surface area contributed by atoms with Gasteiger partial charge in [-0.25, -0.2) is 0 Å². The Kier molecular flexibility index (Phi) is 2.75. The molecule has 1 aromatic carbocycles. The fourth-order valence-corrected chi connectivity index (χ4v) is 1.40. The number of rotatable bonds is 2. The Morgan fingerprint density at radius 3 is 2.43 bits per heavy atom. The molecule has 1 heterocycles. The van der Waals surface area contributed by atoms with Crippen LogP contribution in [-0.2, 0) is 5.88 Å². The SMILES string of the molecule is ClCc1ccc(-c2cccnn2)cc1. The Morgan fingerprint density at radius 2 is 1.86 bits per heavy atom. The third kappa shape index (κ3) is 1.91. The molecular formula is C11H9ClN2. The second kappa shape index (κ2) is 4.20. The van der Waals surface area contributed by atoms with Gasteiger partial charge in [0.1, 0.15) is 0 Å². The second-order valence-electron chi connectivity index (χ2n) is 2.94. The molecule has 0 saturated heterocycles. The van der Waals surface area contributed by atoms with Gasteiger partial charge < -0.3 is 0 Å². The third-order valence-corrected chi connectivity index (χ3v) is 2.28. The van der Waals surface area contributed by atoms with E-state index in [-0.39, 0.29) is 0 Å². The Balaban J connectivity index is 2.34. The lowest BCUT2D eigenvalue weighted by Gasteiger charge is -1.99. The molecular weight excluding hydrogens is 196 g/mol. The lowest BCUT2D eigenvalue weighted by molar-refractivity contribution is 1.04. The predicted molar refractivity (Wildman–Crippen MR) is 57.0 cm³/mol. The van der Waals surface area contributed by atoms with Crippen molar-refractivity contribution in [2.75, 3.05) is 0 Å². The first kappa shape index (κ1) is 9.16. The number of hydrogen-bond donors (Lipinski definition) is 0. The number of aromatic nitrogens is 2. The highest BCUT2D eigenvalue weighted by Gasteiger charge is 1.97. The minimum absolute atomic E-state index is 0.542. The molecule has 0 aliphatic heterocycles. The first-order valence-corrected chi connectivity index (χ1v) is 4.86. The van der Waals surface area contributed by atoms with Gasteiger partial charge in [0.25, 0.3) is 0 Å². The maximum atomic E-state index is 5.70. The first-order valence-electron chi connectivity index (χ1n) is 4.33. The van der Waals surface area contributed by atoms with Gasteiger partial charge in [-0.3, -0.25) is 0 Å². The minimum Gasteiger partial charge on any atom is -0.159 e. The Bertz CT molecular complexity index is 397. The van der Waals surface area contributed by atoms with Crippen LogP contribution in [0.4, 0.5) is 0 Å². The minimum atomic E-state index is 0.542. The van der Waals surface area contributed by atoms with Crippen LogP contribution in [0.2, 0.25) is 0 Å². The van der Waals surface area contributed by atoms with Crippen LogP contribution in [-0.4, -0.2) is 10.2 Å². The highest BCUT2D eigenvalue weighted by atomic mass is 35.5. The average molecular weight is 205 g/mol. The lowest BCUT2D eigenvalue weighted by atomic mass is 10.1. The van der Waals surface area contributed by atoms with Crippen molar-refractivity contribution in [1.82, 2.24) is 10.2 Å². The predicted octanol–water partition coefficient (Wildman–Crippen LogP) is 2.88. The fourth-order valence-electron chi connectivity index (χ4n) is 1.22. The van der Waals surface area contributed by atoms with E-state index in [2.05, 4.69) is 10.2 Å². The van der Waals surface area contributed by atoms with E-state index >= 15 is 0 Å². The van der Waals surface area contributed by atoms with E-state index in [4.69, 9.17) is 11.6 Å². The van der Waals surface area contributed by atoms with Crippen LogP contribution in [0.25, 0.3) is 11.3 Å². The summed E-state index contributed by atoms with van der Waals surface area (Å²) in [6.07, 6.45) is 1.66. The van der Waals surface area contributed by atoms with E-state index in [0.717, 1.165) is 16.8 Å². The Morgan fingerprint density at radius 1 is 1.07 bits per heavy atom. The van der Waals surface area contributed by atoms with Crippen molar-refractivity contribution < 1.29 is 0 Å². The molecule has 3 heteroatoms. The molecule has 14 heavy (non-hydrogen) atoms. The van der Waals surface area contributed by atoms with Crippen molar-refractivity contribution in [3.8, 4) is 11.3 Å². The highest BCUT2D eigenvalue weighted by molar-refractivity contribution is 6.17. The molecule has 0 unspecified atom stereocenters. The molecule has 2 aromatic rings. The van der Waals surface area contributed by atoms with Crippen molar-refractivity contribution in [2.24, 2.45) is 0 Å². The molecule has 0 spiro atoms. The Labute approximate surface area is 87.6 Å². The summed E-state index contributed by atoms with van der Waals surface area (Å²) in [6, 6.07) is 11.8. The zero-order valence-corrected chi connectivity index (χ0v) is 8.28. The van der Waals surface area contributed by atoms with Crippen LogP contribution in [0.3, 0.4) is 0 Å². The van der Waals surface area contributed by atoms with Gasteiger partial charge in [-0.2, -0.15) is 10.2 Å². The van der Waals surface area contributed by atoms with Gasteiger partial charge >= 0.3 is 0 Å². The van der Waals surface area contributed by atoms with Crippen molar-refractivity contribution in [3.05, 3.63) is 48.2 Å². The topological polar surface area (TPSA) is 25.8 Å². The normalized spacial score (nSPS) is 10.1. The number of hydrogen-bond acceptors (Lipinski definition) is 2. The van der Waals surface area contributed by atoms with Crippen LogP contribution in [0.1, 0.15) is 5.56 Å². The highest BCUT2D eigenvalue weighted by Crippen LogP contribution is 2.16. The van der Waals surface area contributed by atoms with Gasteiger partial charge in [0, 0.05) is 17.6 Å². The van der Waals surface area contributed by atoms with Crippen LogP contribution in [0, 0.1) is 0 Å². The van der Waals surface area contributed by atoms with Gasteiger partial charge in [0.05, 0.1) is 5.69 Å². The standard InChI is InChI=1S/C11H9ClN2/c12-8-9-3-5-10(6-4-9)11-2-1-7-13-14-11/h1-7H,8H2. The molecule has 0 saturated carbocycles. The average Bonchev–Trinajstić information content (AvgIpc) is 2.30. The molecule has 0 aliphatic carbocycles. The first-order chi connectivity index (χ1) is 6.90. The molecule has 70 valence electrons. The monoisotopic (exact) mass is 204 g/mol. The summed E-state index contributed by atoms with van der Waals surface area (Å²) in [5.41, 5.74) is 3.06. The molecule has 0 fully saturated rings. The van der Waals surface area contributed by atoms with Crippen molar-refractivity contribution in [1.29, 1.82) is 0 Å². The summed E-state index contributed by atoms with van der Waals surface area (Å²) < 4.78 is 0.